The van der Waals surface area contributed by atoms with Crippen LogP contribution in [0.1, 0.15) is 66.7 Å². The fourth-order valence-corrected chi connectivity index (χ4v) is 11.0. The summed E-state index contributed by atoms with van der Waals surface area (Å²) in [6, 6.07) is 0. The molecule has 8 heteroatoms. The Morgan fingerprint density at radius 2 is 1.85 bits per heavy atom. The van der Waals surface area contributed by atoms with E-state index in [0.29, 0.717) is 24.8 Å². The van der Waals surface area contributed by atoms with Crippen molar-refractivity contribution in [2.75, 3.05) is 0 Å². The van der Waals surface area contributed by atoms with E-state index in [-0.39, 0.29) is 36.6 Å². The van der Waals surface area contributed by atoms with Gasteiger partial charge < -0.3 is 24.4 Å². The third-order valence-electron chi connectivity index (χ3n) is 12.8. The van der Waals surface area contributed by atoms with Crippen molar-refractivity contribution in [3.8, 4) is 0 Å². The molecule has 0 aromatic carbocycles. The van der Waals surface area contributed by atoms with Crippen LogP contribution in [0.3, 0.4) is 0 Å². The summed E-state index contributed by atoms with van der Waals surface area (Å²) in [5.41, 5.74) is -3.74. The molecule has 2 heterocycles. The maximum absolute atomic E-state index is 14.5. The second kappa shape index (κ2) is 7.68. The van der Waals surface area contributed by atoms with Gasteiger partial charge in [-0.15, -0.1) is 0 Å². The third kappa shape index (κ3) is 2.83. The molecule has 2 bridgehead atoms. The van der Waals surface area contributed by atoms with E-state index in [0.717, 1.165) is 5.57 Å². The number of hydrogen-bond acceptors (Lipinski definition) is 8. The summed E-state index contributed by atoms with van der Waals surface area (Å²) >= 11 is 0. The minimum Gasteiger partial charge on any atom is -0.462 e. The number of carbonyl (C=O) groups excluding carboxylic acids is 3. The first-order chi connectivity index (χ1) is 18.6. The van der Waals surface area contributed by atoms with Crippen molar-refractivity contribution in [2.45, 2.75) is 96.2 Å². The zero-order valence-corrected chi connectivity index (χ0v) is 23.9. The number of ether oxygens (including phenoxy) is 3. The molecule has 8 nitrogen and oxygen atoms in total. The summed E-state index contributed by atoms with van der Waals surface area (Å²) in [4.78, 5) is 39.9. The van der Waals surface area contributed by atoms with Gasteiger partial charge in [-0.05, 0) is 46.5 Å². The molecule has 7 aliphatic rings. The van der Waals surface area contributed by atoms with Crippen molar-refractivity contribution in [3.63, 3.8) is 0 Å². The molecule has 0 amide bonds. The van der Waals surface area contributed by atoms with Crippen LogP contribution in [0.25, 0.3) is 0 Å². The molecule has 0 unspecified atom stereocenters. The van der Waals surface area contributed by atoms with E-state index < -0.39 is 69.5 Å². The van der Waals surface area contributed by atoms with Crippen LogP contribution in [-0.2, 0) is 28.6 Å². The zero-order chi connectivity index (χ0) is 28.8. The monoisotopic (exact) mass is 552 g/mol. The summed E-state index contributed by atoms with van der Waals surface area (Å²) in [6.45, 7) is 13.1. The largest absolute Gasteiger partial charge is 0.462 e. The molecule has 5 aliphatic carbocycles. The van der Waals surface area contributed by atoms with Crippen molar-refractivity contribution in [2.24, 2.45) is 45.8 Å². The van der Waals surface area contributed by atoms with Gasteiger partial charge in [-0.1, -0.05) is 37.3 Å². The molecule has 2 aliphatic heterocycles. The van der Waals surface area contributed by atoms with Gasteiger partial charge in [0.2, 0.25) is 0 Å². The van der Waals surface area contributed by atoms with Gasteiger partial charge in [0.25, 0.3) is 0 Å². The van der Waals surface area contributed by atoms with E-state index in [1.54, 1.807) is 6.92 Å². The molecule has 0 aromatic rings. The van der Waals surface area contributed by atoms with E-state index in [1.807, 2.05) is 26.8 Å². The Labute approximate surface area is 234 Å². The normalized spacial score (nSPS) is 55.6. The van der Waals surface area contributed by atoms with Crippen LogP contribution in [0, 0.1) is 45.8 Å². The number of allylic oxidation sites excluding steroid dienone is 2. The molecule has 2 N–H and O–H groups in total. The molecule has 7 rings (SSSR count). The van der Waals surface area contributed by atoms with Crippen molar-refractivity contribution in [3.05, 3.63) is 36.0 Å². The minimum absolute atomic E-state index is 0.180. The molecule has 0 aromatic heterocycles. The fourth-order valence-electron chi connectivity index (χ4n) is 11.0. The van der Waals surface area contributed by atoms with Crippen molar-refractivity contribution < 1.29 is 38.8 Å². The Morgan fingerprint density at radius 1 is 1.12 bits per heavy atom. The first-order valence-electron chi connectivity index (χ1n) is 14.7. The van der Waals surface area contributed by atoms with Gasteiger partial charge in [-0.25, -0.2) is 4.79 Å². The summed E-state index contributed by atoms with van der Waals surface area (Å²) < 4.78 is 18.5. The van der Waals surface area contributed by atoms with Gasteiger partial charge in [0.05, 0.1) is 22.5 Å². The van der Waals surface area contributed by atoms with Gasteiger partial charge in [-0.3, -0.25) is 9.59 Å². The van der Waals surface area contributed by atoms with Gasteiger partial charge in [0, 0.05) is 53.4 Å². The Hall–Kier alpha value is -2.45. The predicted molar refractivity (Wildman–Crippen MR) is 142 cm³/mol. The number of esters is 3. The molecular formula is C32H40O8. The Balaban J connectivity index is 1.45. The van der Waals surface area contributed by atoms with Crippen LogP contribution < -0.4 is 0 Å². The molecule has 2 saturated heterocycles. The Kier molecular flexibility index (Phi) is 5.08. The first kappa shape index (κ1) is 26.4. The second-order valence-corrected chi connectivity index (χ2v) is 14.5. The smallest absolute Gasteiger partial charge is 0.334 e. The van der Waals surface area contributed by atoms with Gasteiger partial charge in [-0.2, -0.15) is 0 Å². The maximum atomic E-state index is 14.5. The van der Waals surface area contributed by atoms with Crippen molar-refractivity contribution in [1.82, 2.24) is 0 Å². The van der Waals surface area contributed by atoms with Crippen LogP contribution in [0.4, 0.5) is 0 Å². The van der Waals surface area contributed by atoms with E-state index >= 15 is 0 Å². The highest BCUT2D eigenvalue weighted by Gasteiger charge is 2.84. The third-order valence-corrected chi connectivity index (χ3v) is 12.8. The molecule has 0 radical (unpaired) electrons. The van der Waals surface area contributed by atoms with Crippen LogP contribution in [0.2, 0.25) is 0 Å². The van der Waals surface area contributed by atoms with Gasteiger partial charge in [0.1, 0.15) is 18.3 Å². The maximum Gasteiger partial charge on any atom is 0.334 e. The van der Waals surface area contributed by atoms with E-state index in [4.69, 9.17) is 14.2 Å². The minimum atomic E-state index is -1.19. The highest BCUT2D eigenvalue weighted by Crippen LogP contribution is 2.80. The molecule has 5 fully saturated rings. The van der Waals surface area contributed by atoms with Crippen LogP contribution >= 0.6 is 0 Å². The lowest BCUT2D eigenvalue weighted by Crippen LogP contribution is -2.53. The van der Waals surface area contributed by atoms with E-state index in [2.05, 4.69) is 18.7 Å². The van der Waals surface area contributed by atoms with Crippen LogP contribution in [0.5, 0.6) is 0 Å². The lowest BCUT2D eigenvalue weighted by molar-refractivity contribution is -0.165. The average molecular weight is 553 g/mol. The number of aliphatic hydroxyl groups is 2. The second-order valence-electron chi connectivity index (χ2n) is 14.5. The summed E-state index contributed by atoms with van der Waals surface area (Å²) in [6.07, 6.45) is 6.43. The van der Waals surface area contributed by atoms with Gasteiger partial charge >= 0.3 is 17.9 Å². The summed E-state index contributed by atoms with van der Waals surface area (Å²) in [5, 5.41) is 24.0. The number of carbonyl (C=O) groups is 3. The zero-order valence-electron chi connectivity index (χ0n) is 23.9. The molecule has 1 spiro atoms. The number of rotatable bonds is 1. The lowest BCUT2D eigenvalue weighted by atomic mass is 9.54. The standard InChI is InChI=1S/C32H40O8/c1-15-7-8-19-21(15)24-22(20(38-17(3)33)13-29(19,5)36)32(27(35)40-24)14-31-12-11-28(32,4)25(31)23-18(9-10-30(31,6)37)16(2)26(34)39-23/h7,11-12,18-25,36-37H,2,8-10,13-14H2,1,3-6H3/t18-,19+,20-,21-,22+,23-,24+,25-,28-,29+,30+,31+,32-/m0/s1. The van der Waals surface area contributed by atoms with E-state index in [1.165, 1.54) is 6.92 Å². The number of hydrogen-bond donors (Lipinski definition) is 2. The number of fused-ring (bicyclic) bond motifs is 6. The van der Waals surface area contributed by atoms with Crippen LogP contribution in [0.15, 0.2) is 36.0 Å². The summed E-state index contributed by atoms with van der Waals surface area (Å²) in [5.74, 6) is -2.84. The van der Waals surface area contributed by atoms with Crippen LogP contribution in [-0.4, -0.2) is 57.6 Å². The highest BCUT2D eigenvalue weighted by atomic mass is 16.6. The summed E-state index contributed by atoms with van der Waals surface area (Å²) in [7, 11) is 0. The van der Waals surface area contributed by atoms with Crippen molar-refractivity contribution >= 4 is 17.9 Å². The van der Waals surface area contributed by atoms with E-state index in [9.17, 15) is 24.6 Å². The Morgan fingerprint density at radius 3 is 2.55 bits per heavy atom. The van der Waals surface area contributed by atoms with Crippen molar-refractivity contribution in [1.29, 1.82) is 0 Å². The topological polar surface area (TPSA) is 119 Å². The quantitative estimate of drug-likeness (QED) is 0.220. The average Bonchev–Trinajstić information content (AvgIpc) is 3.56. The Bertz CT molecular complexity index is 1310. The SMILES string of the molecule is C=C1C(=O)O[C@H]2[C@H]1CC[C@@](C)(O)[C@@]13C=C[C@@](C)([C@H]21)[C@]1(C3)C(=O)O[C@@H]2[C@H]3C(C)=CC[C@H]3[C@](C)(O)C[C@H](OC(C)=O)[C@H]21. The molecular weight excluding hydrogens is 512 g/mol. The fraction of sp³-hybridized carbons (Fsp3) is 0.719. The first-order valence-corrected chi connectivity index (χ1v) is 14.7. The molecule has 40 heavy (non-hydrogen) atoms. The van der Waals surface area contributed by atoms with Gasteiger partial charge in [0.15, 0.2) is 0 Å². The predicted octanol–water partition coefficient (Wildman–Crippen LogP) is 3.41. The lowest BCUT2D eigenvalue weighted by Gasteiger charge is -2.46. The molecule has 3 saturated carbocycles. The highest BCUT2D eigenvalue weighted by molar-refractivity contribution is 5.91. The molecule has 13 atom stereocenters. The molecule has 216 valence electrons.